The van der Waals surface area contributed by atoms with Crippen LogP contribution in [0.3, 0.4) is 0 Å². The Hall–Kier alpha value is -2.67. The molecule has 2 aromatic carbocycles. The van der Waals surface area contributed by atoms with Crippen molar-refractivity contribution in [2.24, 2.45) is 7.05 Å². The van der Waals surface area contributed by atoms with Gasteiger partial charge in [-0.25, -0.2) is 13.4 Å². The number of aryl methyl sites for hydroxylation is 1. The van der Waals surface area contributed by atoms with E-state index in [4.69, 9.17) is 0 Å². The van der Waals surface area contributed by atoms with E-state index in [9.17, 15) is 13.2 Å². The molecule has 7 heteroatoms. The van der Waals surface area contributed by atoms with Crippen molar-refractivity contribution in [3.63, 3.8) is 0 Å². The number of nitrogens with zero attached hydrogens (tertiary/aromatic N) is 3. The third-order valence-corrected chi connectivity index (χ3v) is 5.79. The third kappa shape index (κ3) is 2.67. The molecule has 0 radical (unpaired) electrons. The van der Waals surface area contributed by atoms with E-state index in [-0.39, 0.29) is 10.7 Å². The Bertz CT molecular complexity index is 1020. The molecular formula is C17H17N3O3S. The highest BCUT2D eigenvalue weighted by Gasteiger charge is 2.22. The fourth-order valence-electron chi connectivity index (χ4n) is 2.48. The molecule has 24 heavy (non-hydrogen) atoms. The number of imidazole rings is 1. The Morgan fingerprint density at radius 1 is 1.12 bits per heavy atom. The SMILES string of the molecule is CC(=O)c1ccc(S(=O)(=O)N(C)c2ccc3c(c2)ncn3C)cc1. The maximum atomic E-state index is 12.8. The molecule has 0 aliphatic rings. The smallest absolute Gasteiger partial charge is 0.264 e. The predicted octanol–water partition coefficient (Wildman–Crippen LogP) is 2.60. The van der Waals surface area contributed by atoms with E-state index in [2.05, 4.69) is 4.98 Å². The summed E-state index contributed by atoms with van der Waals surface area (Å²) in [5, 5.41) is 0. The zero-order valence-electron chi connectivity index (χ0n) is 13.6. The molecule has 3 aromatic rings. The van der Waals surface area contributed by atoms with Crippen molar-refractivity contribution in [2.45, 2.75) is 11.8 Å². The van der Waals surface area contributed by atoms with Gasteiger partial charge in [0.15, 0.2) is 5.78 Å². The van der Waals surface area contributed by atoms with Gasteiger partial charge >= 0.3 is 0 Å². The summed E-state index contributed by atoms with van der Waals surface area (Å²) in [5.41, 5.74) is 2.66. The van der Waals surface area contributed by atoms with Gasteiger partial charge in [0.05, 0.1) is 27.9 Å². The number of rotatable bonds is 4. The van der Waals surface area contributed by atoms with Gasteiger partial charge in [0, 0.05) is 19.7 Å². The average molecular weight is 343 g/mol. The van der Waals surface area contributed by atoms with Gasteiger partial charge in [-0.3, -0.25) is 9.10 Å². The van der Waals surface area contributed by atoms with Gasteiger partial charge in [-0.2, -0.15) is 0 Å². The topological polar surface area (TPSA) is 72.3 Å². The molecule has 124 valence electrons. The van der Waals surface area contributed by atoms with Gasteiger partial charge in [-0.15, -0.1) is 0 Å². The van der Waals surface area contributed by atoms with E-state index in [1.165, 1.54) is 42.5 Å². The van der Waals surface area contributed by atoms with E-state index in [0.29, 0.717) is 11.3 Å². The number of aromatic nitrogens is 2. The van der Waals surface area contributed by atoms with Crippen LogP contribution in [-0.2, 0) is 17.1 Å². The quantitative estimate of drug-likeness (QED) is 0.683. The first-order valence-corrected chi connectivity index (χ1v) is 8.76. The van der Waals surface area contributed by atoms with E-state index >= 15 is 0 Å². The van der Waals surface area contributed by atoms with Crippen molar-refractivity contribution < 1.29 is 13.2 Å². The van der Waals surface area contributed by atoms with Crippen molar-refractivity contribution in [1.29, 1.82) is 0 Å². The lowest BCUT2D eigenvalue weighted by Gasteiger charge is -2.19. The number of sulfonamides is 1. The van der Waals surface area contributed by atoms with Crippen LogP contribution in [0.1, 0.15) is 17.3 Å². The van der Waals surface area contributed by atoms with Crippen molar-refractivity contribution in [1.82, 2.24) is 9.55 Å². The number of benzene rings is 2. The maximum Gasteiger partial charge on any atom is 0.264 e. The zero-order chi connectivity index (χ0) is 17.5. The molecular weight excluding hydrogens is 326 g/mol. The molecule has 6 nitrogen and oxygen atoms in total. The van der Waals surface area contributed by atoms with Crippen LogP contribution < -0.4 is 4.31 Å². The van der Waals surface area contributed by atoms with E-state index in [1.54, 1.807) is 18.5 Å². The Balaban J connectivity index is 1.99. The largest absolute Gasteiger partial charge is 0.334 e. The molecule has 0 bridgehead atoms. The molecule has 1 heterocycles. The van der Waals surface area contributed by atoms with E-state index in [1.807, 2.05) is 17.7 Å². The summed E-state index contributed by atoms with van der Waals surface area (Å²) in [4.78, 5) is 15.7. The van der Waals surface area contributed by atoms with Crippen LogP contribution in [0.25, 0.3) is 11.0 Å². The van der Waals surface area contributed by atoms with Crippen molar-refractivity contribution >= 4 is 32.5 Å². The summed E-state index contributed by atoms with van der Waals surface area (Å²) in [6.45, 7) is 1.44. The van der Waals surface area contributed by atoms with Crippen molar-refractivity contribution in [2.75, 3.05) is 11.4 Å². The summed E-state index contributed by atoms with van der Waals surface area (Å²) in [6, 6.07) is 11.2. The number of ketones is 1. The highest BCUT2D eigenvalue weighted by molar-refractivity contribution is 7.92. The lowest BCUT2D eigenvalue weighted by atomic mass is 10.2. The molecule has 0 N–H and O–H groups in total. The number of Topliss-reactive ketones (excluding diaryl/α,β-unsaturated/α-hetero) is 1. The van der Waals surface area contributed by atoms with Crippen LogP contribution in [-0.4, -0.2) is 30.8 Å². The average Bonchev–Trinajstić information content (AvgIpc) is 2.94. The minimum absolute atomic E-state index is 0.104. The maximum absolute atomic E-state index is 12.8. The number of anilines is 1. The molecule has 3 rings (SSSR count). The number of hydrogen-bond donors (Lipinski definition) is 0. The second kappa shape index (κ2) is 5.76. The van der Waals surface area contributed by atoms with E-state index in [0.717, 1.165) is 11.0 Å². The Kier molecular flexibility index (Phi) is 3.88. The molecule has 0 saturated heterocycles. The molecule has 0 saturated carbocycles. The van der Waals surface area contributed by atoms with Gasteiger partial charge < -0.3 is 4.57 Å². The molecule has 0 fully saturated rings. The second-order valence-corrected chi connectivity index (χ2v) is 7.55. The van der Waals surface area contributed by atoms with Gasteiger partial charge in [-0.05, 0) is 37.3 Å². The lowest BCUT2D eigenvalue weighted by Crippen LogP contribution is -2.26. The standard InChI is InChI=1S/C17H17N3O3S/c1-12(21)13-4-7-15(8-5-13)24(22,23)20(3)14-6-9-17-16(10-14)18-11-19(17)2/h4-11H,1-3H3. The minimum Gasteiger partial charge on any atom is -0.334 e. The van der Waals surface area contributed by atoms with Crippen LogP contribution in [0.15, 0.2) is 53.7 Å². The van der Waals surface area contributed by atoms with Crippen molar-refractivity contribution in [3.05, 3.63) is 54.4 Å². The van der Waals surface area contributed by atoms with Gasteiger partial charge in [0.2, 0.25) is 0 Å². The molecule has 1 aromatic heterocycles. The normalized spacial score (nSPS) is 11.6. The third-order valence-electron chi connectivity index (χ3n) is 3.99. The first-order valence-electron chi connectivity index (χ1n) is 7.32. The number of carbonyl (C=O) groups is 1. The first-order chi connectivity index (χ1) is 11.3. The highest BCUT2D eigenvalue weighted by atomic mass is 32.2. The summed E-state index contributed by atoms with van der Waals surface area (Å²) < 4.78 is 28.6. The molecule has 0 unspecified atom stereocenters. The molecule has 0 aliphatic heterocycles. The van der Waals surface area contributed by atoms with Gasteiger partial charge in [-0.1, -0.05) is 12.1 Å². The van der Waals surface area contributed by atoms with Crippen LogP contribution in [0.5, 0.6) is 0 Å². The van der Waals surface area contributed by atoms with Gasteiger partial charge in [0.1, 0.15) is 0 Å². The fourth-order valence-corrected chi connectivity index (χ4v) is 3.67. The molecule has 0 amide bonds. The Morgan fingerprint density at radius 2 is 1.79 bits per heavy atom. The number of hydrogen-bond acceptors (Lipinski definition) is 4. The predicted molar refractivity (Wildman–Crippen MR) is 92.7 cm³/mol. The Labute approximate surface area is 140 Å². The van der Waals surface area contributed by atoms with Crippen LogP contribution >= 0.6 is 0 Å². The number of fused-ring (bicyclic) bond motifs is 1. The van der Waals surface area contributed by atoms with Crippen LogP contribution in [0.2, 0.25) is 0 Å². The van der Waals surface area contributed by atoms with Crippen LogP contribution in [0, 0.1) is 0 Å². The minimum atomic E-state index is -3.71. The molecule has 0 aliphatic carbocycles. The summed E-state index contributed by atoms with van der Waals surface area (Å²) in [7, 11) is -0.330. The highest BCUT2D eigenvalue weighted by Crippen LogP contribution is 2.25. The molecule has 0 spiro atoms. The lowest BCUT2D eigenvalue weighted by molar-refractivity contribution is 0.101. The Morgan fingerprint density at radius 3 is 2.42 bits per heavy atom. The zero-order valence-corrected chi connectivity index (χ0v) is 14.4. The monoisotopic (exact) mass is 343 g/mol. The van der Waals surface area contributed by atoms with E-state index < -0.39 is 10.0 Å². The first kappa shape index (κ1) is 16.2. The summed E-state index contributed by atoms with van der Waals surface area (Å²) in [5.74, 6) is -0.104. The summed E-state index contributed by atoms with van der Waals surface area (Å²) in [6.07, 6.45) is 1.68. The summed E-state index contributed by atoms with van der Waals surface area (Å²) >= 11 is 0. The van der Waals surface area contributed by atoms with Gasteiger partial charge in [0.25, 0.3) is 10.0 Å². The van der Waals surface area contributed by atoms with Crippen molar-refractivity contribution in [3.8, 4) is 0 Å². The fraction of sp³-hybridized carbons (Fsp3) is 0.176. The second-order valence-electron chi connectivity index (χ2n) is 5.58. The number of carbonyl (C=O) groups excluding carboxylic acids is 1. The molecule has 0 atom stereocenters. The van der Waals surface area contributed by atoms with Crippen LogP contribution in [0.4, 0.5) is 5.69 Å².